The number of para-hydroxylation sites is 1. The molecule has 0 saturated carbocycles. The van der Waals surface area contributed by atoms with E-state index in [4.69, 9.17) is 4.74 Å². The normalized spacial score (nSPS) is 14.7. The second-order valence-electron chi connectivity index (χ2n) is 6.37. The predicted octanol–water partition coefficient (Wildman–Crippen LogP) is 2.13. The lowest BCUT2D eigenvalue weighted by Crippen LogP contribution is -2.43. The highest BCUT2D eigenvalue weighted by Crippen LogP contribution is 2.17. The Labute approximate surface area is 153 Å². The van der Waals surface area contributed by atoms with Crippen LogP contribution in [0.5, 0.6) is 5.75 Å². The van der Waals surface area contributed by atoms with Gasteiger partial charge < -0.3 is 15.0 Å². The standard InChI is InChI=1S/C20H23N3O3/c24-19(15-26-18-4-2-1-3-5-18)23-12-8-16(9-13-23)14-22-20(25)17-6-10-21-11-7-17/h1-7,10-11,16H,8-9,12-15H2,(H,22,25). The van der Waals surface area contributed by atoms with Gasteiger partial charge >= 0.3 is 0 Å². The van der Waals surface area contributed by atoms with Crippen molar-refractivity contribution in [1.82, 2.24) is 15.2 Å². The summed E-state index contributed by atoms with van der Waals surface area (Å²) in [5.74, 6) is 1.02. The third-order valence-electron chi connectivity index (χ3n) is 4.57. The van der Waals surface area contributed by atoms with E-state index in [0.29, 0.717) is 36.9 Å². The molecule has 1 aromatic heterocycles. The molecule has 1 saturated heterocycles. The summed E-state index contributed by atoms with van der Waals surface area (Å²) in [6, 6.07) is 12.7. The van der Waals surface area contributed by atoms with Crippen LogP contribution < -0.4 is 10.1 Å². The van der Waals surface area contributed by atoms with Gasteiger partial charge in [-0.15, -0.1) is 0 Å². The van der Waals surface area contributed by atoms with Crippen LogP contribution in [0.4, 0.5) is 0 Å². The van der Waals surface area contributed by atoms with E-state index in [-0.39, 0.29) is 18.4 Å². The summed E-state index contributed by atoms with van der Waals surface area (Å²) < 4.78 is 5.52. The first-order valence-corrected chi connectivity index (χ1v) is 8.86. The Morgan fingerprint density at radius 2 is 1.77 bits per heavy atom. The lowest BCUT2D eigenvalue weighted by atomic mass is 9.96. The highest BCUT2D eigenvalue weighted by molar-refractivity contribution is 5.93. The Balaban J connectivity index is 1.37. The fourth-order valence-electron chi connectivity index (χ4n) is 2.98. The number of ether oxygens (including phenoxy) is 1. The zero-order valence-corrected chi connectivity index (χ0v) is 14.6. The molecule has 2 heterocycles. The Hall–Kier alpha value is -2.89. The van der Waals surface area contributed by atoms with Crippen LogP contribution in [0.2, 0.25) is 0 Å². The molecule has 26 heavy (non-hydrogen) atoms. The Kier molecular flexibility index (Phi) is 6.19. The number of aromatic nitrogens is 1. The van der Waals surface area contributed by atoms with E-state index in [0.717, 1.165) is 12.8 Å². The molecule has 0 bridgehead atoms. The molecule has 2 amide bonds. The monoisotopic (exact) mass is 353 g/mol. The van der Waals surface area contributed by atoms with E-state index in [2.05, 4.69) is 10.3 Å². The summed E-state index contributed by atoms with van der Waals surface area (Å²) in [6.45, 7) is 2.09. The van der Waals surface area contributed by atoms with E-state index in [1.807, 2.05) is 35.2 Å². The summed E-state index contributed by atoms with van der Waals surface area (Å²) in [4.78, 5) is 30.1. The maximum Gasteiger partial charge on any atom is 0.260 e. The minimum Gasteiger partial charge on any atom is -0.484 e. The number of carbonyl (C=O) groups excluding carboxylic acids is 2. The summed E-state index contributed by atoms with van der Waals surface area (Å²) >= 11 is 0. The number of likely N-dealkylation sites (tertiary alicyclic amines) is 1. The van der Waals surface area contributed by atoms with E-state index in [1.165, 1.54) is 0 Å². The van der Waals surface area contributed by atoms with Crippen molar-refractivity contribution < 1.29 is 14.3 Å². The van der Waals surface area contributed by atoms with Crippen molar-refractivity contribution >= 4 is 11.8 Å². The first-order valence-electron chi connectivity index (χ1n) is 8.86. The van der Waals surface area contributed by atoms with Crippen LogP contribution in [0.25, 0.3) is 0 Å². The van der Waals surface area contributed by atoms with Crippen LogP contribution in [-0.4, -0.2) is 47.9 Å². The van der Waals surface area contributed by atoms with Crippen LogP contribution >= 0.6 is 0 Å². The second-order valence-corrected chi connectivity index (χ2v) is 6.37. The van der Waals surface area contributed by atoms with Crippen LogP contribution in [-0.2, 0) is 4.79 Å². The fraction of sp³-hybridized carbons (Fsp3) is 0.350. The number of carbonyl (C=O) groups is 2. The molecule has 1 aliphatic heterocycles. The molecule has 1 N–H and O–H groups in total. The van der Waals surface area contributed by atoms with Gasteiger partial charge in [0.15, 0.2) is 6.61 Å². The molecule has 6 nitrogen and oxygen atoms in total. The second kappa shape index (κ2) is 8.99. The molecule has 136 valence electrons. The minimum absolute atomic E-state index is 0.00752. The number of nitrogens with zero attached hydrogens (tertiary/aromatic N) is 2. The van der Waals surface area contributed by atoms with Gasteiger partial charge in [0.25, 0.3) is 11.8 Å². The SMILES string of the molecule is O=C(NCC1CCN(C(=O)COc2ccccc2)CC1)c1ccncc1. The van der Waals surface area contributed by atoms with Crippen LogP contribution in [0.15, 0.2) is 54.9 Å². The summed E-state index contributed by atoms with van der Waals surface area (Å²) in [7, 11) is 0. The van der Waals surface area contributed by atoms with E-state index in [9.17, 15) is 9.59 Å². The van der Waals surface area contributed by atoms with Crippen LogP contribution in [0, 0.1) is 5.92 Å². The van der Waals surface area contributed by atoms with Crippen LogP contribution in [0.3, 0.4) is 0 Å². The maximum absolute atomic E-state index is 12.3. The number of rotatable bonds is 6. The van der Waals surface area contributed by atoms with Crippen molar-refractivity contribution in [3.05, 3.63) is 60.4 Å². The summed E-state index contributed by atoms with van der Waals surface area (Å²) in [6.07, 6.45) is 4.98. The Morgan fingerprint density at radius 1 is 1.08 bits per heavy atom. The molecule has 2 aromatic rings. The lowest BCUT2D eigenvalue weighted by molar-refractivity contribution is -0.134. The quantitative estimate of drug-likeness (QED) is 0.864. The van der Waals surface area contributed by atoms with Gasteiger partial charge in [0.05, 0.1) is 0 Å². The number of benzene rings is 1. The van der Waals surface area contributed by atoms with Crippen LogP contribution in [0.1, 0.15) is 23.2 Å². The van der Waals surface area contributed by atoms with Crippen molar-refractivity contribution in [2.75, 3.05) is 26.2 Å². The molecular formula is C20H23N3O3. The minimum atomic E-state index is -0.0813. The molecule has 0 unspecified atom stereocenters. The number of hydrogen-bond acceptors (Lipinski definition) is 4. The summed E-state index contributed by atoms with van der Waals surface area (Å²) in [5, 5.41) is 2.96. The Morgan fingerprint density at radius 3 is 2.46 bits per heavy atom. The maximum atomic E-state index is 12.3. The molecule has 3 rings (SSSR count). The zero-order chi connectivity index (χ0) is 18.2. The molecule has 0 atom stereocenters. The molecule has 6 heteroatoms. The molecule has 0 radical (unpaired) electrons. The van der Waals surface area contributed by atoms with Gasteiger partial charge in [-0.25, -0.2) is 0 Å². The van der Waals surface area contributed by atoms with Gasteiger partial charge in [-0.3, -0.25) is 14.6 Å². The van der Waals surface area contributed by atoms with Crippen molar-refractivity contribution in [1.29, 1.82) is 0 Å². The van der Waals surface area contributed by atoms with Gasteiger partial charge in [0.1, 0.15) is 5.75 Å². The zero-order valence-electron chi connectivity index (χ0n) is 14.6. The number of pyridine rings is 1. The molecule has 0 aliphatic carbocycles. The fourth-order valence-corrected chi connectivity index (χ4v) is 2.98. The molecular weight excluding hydrogens is 330 g/mol. The van der Waals surface area contributed by atoms with Gasteiger partial charge in [-0.1, -0.05) is 18.2 Å². The number of hydrogen-bond donors (Lipinski definition) is 1. The van der Waals surface area contributed by atoms with Gasteiger partial charge in [-0.2, -0.15) is 0 Å². The third kappa shape index (κ3) is 5.05. The number of nitrogens with one attached hydrogen (secondary N) is 1. The van der Waals surface area contributed by atoms with Crippen molar-refractivity contribution in [2.45, 2.75) is 12.8 Å². The molecule has 1 fully saturated rings. The van der Waals surface area contributed by atoms with E-state index < -0.39 is 0 Å². The lowest BCUT2D eigenvalue weighted by Gasteiger charge is -2.32. The largest absolute Gasteiger partial charge is 0.484 e. The van der Waals surface area contributed by atoms with E-state index in [1.54, 1.807) is 24.5 Å². The number of amides is 2. The van der Waals surface area contributed by atoms with Gasteiger partial charge in [0, 0.05) is 37.6 Å². The Bertz CT molecular complexity index is 714. The van der Waals surface area contributed by atoms with E-state index >= 15 is 0 Å². The predicted molar refractivity (Wildman–Crippen MR) is 97.8 cm³/mol. The van der Waals surface area contributed by atoms with Crippen molar-refractivity contribution in [3.8, 4) is 5.75 Å². The van der Waals surface area contributed by atoms with Crippen molar-refractivity contribution in [3.63, 3.8) is 0 Å². The highest BCUT2D eigenvalue weighted by Gasteiger charge is 2.23. The topological polar surface area (TPSA) is 71.5 Å². The molecule has 0 spiro atoms. The van der Waals surface area contributed by atoms with Gasteiger partial charge in [-0.05, 0) is 43.0 Å². The molecule has 1 aromatic carbocycles. The first kappa shape index (κ1) is 17.9. The third-order valence-corrected chi connectivity index (χ3v) is 4.57. The first-order chi connectivity index (χ1) is 12.7. The summed E-state index contributed by atoms with van der Waals surface area (Å²) in [5.41, 5.74) is 0.616. The average Bonchev–Trinajstić information content (AvgIpc) is 2.72. The molecule has 1 aliphatic rings. The smallest absolute Gasteiger partial charge is 0.260 e. The van der Waals surface area contributed by atoms with Crippen molar-refractivity contribution in [2.24, 2.45) is 5.92 Å². The average molecular weight is 353 g/mol. The van der Waals surface area contributed by atoms with Gasteiger partial charge in [0.2, 0.25) is 0 Å². The number of piperidine rings is 1. The highest BCUT2D eigenvalue weighted by atomic mass is 16.5.